The maximum atomic E-state index is 14.2. The summed E-state index contributed by atoms with van der Waals surface area (Å²) in [5.74, 6) is -0.965. The van der Waals surface area contributed by atoms with Crippen LogP contribution in [0.25, 0.3) is 0 Å². The number of aryl methyl sites for hydroxylation is 1. The van der Waals surface area contributed by atoms with Crippen LogP contribution in [0, 0.1) is 18.6 Å². The Balaban J connectivity index is 2.25. The van der Waals surface area contributed by atoms with Gasteiger partial charge in [0.2, 0.25) is 0 Å². The zero-order chi connectivity index (χ0) is 15.5. The van der Waals surface area contributed by atoms with Crippen LogP contribution in [-0.4, -0.2) is 19.3 Å². The van der Waals surface area contributed by atoms with Gasteiger partial charge in [-0.25, -0.2) is 8.78 Å². The lowest BCUT2D eigenvalue weighted by Gasteiger charge is -2.43. The first-order valence-corrected chi connectivity index (χ1v) is 7.75. The second kappa shape index (κ2) is 6.84. The standard InChI is InChI=1S/C17H25F2NO/c1-4-8-20-16(11-17(21-3)6-5-7-17)13-9-12(2)14(18)10-15(13)19/h9-10,16,20H,4-8,11H2,1-3H3. The number of ether oxygens (including phenoxy) is 1. The van der Waals surface area contributed by atoms with Gasteiger partial charge in [-0.15, -0.1) is 0 Å². The van der Waals surface area contributed by atoms with Crippen LogP contribution in [0.1, 0.15) is 56.2 Å². The lowest BCUT2D eigenvalue weighted by Crippen LogP contribution is -2.43. The second-order valence-corrected chi connectivity index (χ2v) is 6.07. The summed E-state index contributed by atoms with van der Waals surface area (Å²) in [5.41, 5.74) is 0.876. The highest BCUT2D eigenvalue weighted by Gasteiger charge is 2.39. The van der Waals surface area contributed by atoms with Gasteiger partial charge in [-0.2, -0.15) is 0 Å². The van der Waals surface area contributed by atoms with Crippen LogP contribution in [0.15, 0.2) is 12.1 Å². The fourth-order valence-electron chi connectivity index (χ4n) is 2.99. The van der Waals surface area contributed by atoms with Gasteiger partial charge < -0.3 is 10.1 Å². The van der Waals surface area contributed by atoms with E-state index in [1.54, 1.807) is 20.1 Å². The number of nitrogens with one attached hydrogen (secondary N) is 1. The van der Waals surface area contributed by atoms with E-state index < -0.39 is 11.6 Å². The van der Waals surface area contributed by atoms with Crippen molar-refractivity contribution in [1.82, 2.24) is 5.32 Å². The molecule has 1 fully saturated rings. The number of hydrogen-bond donors (Lipinski definition) is 1. The Bertz CT molecular complexity index is 480. The molecule has 0 heterocycles. The van der Waals surface area contributed by atoms with E-state index in [1.165, 1.54) is 0 Å². The highest BCUT2D eigenvalue weighted by atomic mass is 19.1. The smallest absolute Gasteiger partial charge is 0.130 e. The largest absolute Gasteiger partial charge is 0.378 e. The first-order chi connectivity index (χ1) is 10.0. The summed E-state index contributed by atoms with van der Waals surface area (Å²) in [6, 6.07) is 2.48. The van der Waals surface area contributed by atoms with Gasteiger partial charge in [-0.05, 0) is 57.2 Å². The molecule has 1 atom stereocenters. The Morgan fingerprint density at radius 1 is 1.29 bits per heavy atom. The lowest BCUT2D eigenvalue weighted by molar-refractivity contribution is -0.0839. The Kier molecular flexibility index (Phi) is 5.33. The highest BCUT2D eigenvalue weighted by molar-refractivity contribution is 5.29. The Labute approximate surface area is 125 Å². The molecule has 0 saturated heterocycles. The minimum Gasteiger partial charge on any atom is -0.378 e. The van der Waals surface area contributed by atoms with E-state index >= 15 is 0 Å². The summed E-state index contributed by atoms with van der Waals surface area (Å²) in [6.45, 7) is 4.55. The SMILES string of the molecule is CCCNC(CC1(OC)CCC1)c1cc(C)c(F)cc1F. The molecule has 1 aliphatic rings. The topological polar surface area (TPSA) is 21.3 Å². The van der Waals surface area contributed by atoms with Crippen molar-refractivity contribution in [3.63, 3.8) is 0 Å². The molecule has 0 spiro atoms. The summed E-state index contributed by atoms with van der Waals surface area (Å²) >= 11 is 0. The van der Waals surface area contributed by atoms with Crippen molar-refractivity contribution in [3.8, 4) is 0 Å². The van der Waals surface area contributed by atoms with Crippen molar-refractivity contribution in [2.45, 2.75) is 57.6 Å². The summed E-state index contributed by atoms with van der Waals surface area (Å²) < 4.78 is 33.3. The first-order valence-electron chi connectivity index (χ1n) is 7.75. The zero-order valence-corrected chi connectivity index (χ0v) is 13.1. The number of hydrogen-bond acceptors (Lipinski definition) is 2. The van der Waals surface area contributed by atoms with Crippen LogP contribution in [0.2, 0.25) is 0 Å². The van der Waals surface area contributed by atoms with Crippen LogP contribution in [0.4, 0.5) is 8.78 Å². The van der Waals surface area contributed by atoms with Crippen LogP contribution in [0.3, 0.4) is 0 Å². The van der Waals surface area contributed by atoms with E-state index in [9.17, 15) is 8.78 Å². The molecular formula is C17H25F2NO. The molecule has 118 valence electrons. The molecule has 1 aromatic carbocycles. The maximum Gasteiger partial charge on any atom is 0.130 e. The van der Waals surface area contributed by atoms with E-state index in [2.05, 4.69) is 12.2 Å². The van der Waals surface area contributed by atoms with E-state index in [1.807, 2.05) is 0 Å². The quantitative estimate of drug-likeness (QED) is 0.811. The minimum atomic E-state index is -0.490. The molecule has 0 amide bonds. The van der Waals surface area contributed by atoms with Crippen molar-refractivity contribution < 1.29 is 13.5 Å². The van der Waals surface area contributed by atoms with Crippen molar-refractivity contribution in [2.24, 2.45) is 0 Å². The fourth-order valence-corrected chi connectivity index (χ4v) is 2.99. The van der Waals surface area contributed by atoms with E-state index in [0.717, 1.165) is 44.7 Å². The van der Waals surface area contributed by atoms with E-state index in [4.69, 9.17) is 4.74 Å². The van der Waals surface area contributed by atoms with Gasteiger partial charge in [-0.1, -0.05) is 6.92 Å². The number of rotatable bonds is 7. The van der Waals surface area contributed by atoms with Gasteiger partial charge in [0.25, 0.3) is 0 Å². The molecule has 0 aromatic heterocycles. The fraction of sp³-hybridized carbons (Fsp3) is 0.647. The molecule has 1 saturated carbocycles. The minimum absolute atomic E-state index is 0.135. The van der Waals surface area contributed by atoms with Crippen molar-refractivity contribution >= 4 is 0 Å². The zero-order valence-electron chi connectivity index (χ0n) is 13.1. The molecular weight excluding hydrogens is 272 g/mol. The lowest BCUT2D eigenvalue weighted by atomic mass is 9.74. The molecule has 1 aliphatic carbocycles. The van der Waals surface area contributed by atoms with E-state index in [0.29, 0.717) is 11.1 Å². The molecule has 1 N–H and O–H groups in total. The van der Waals surface area contributed by atoms with Crippen molar-refractivity contribution in [2.75, 3.05) is 13.7 Å². The normalized spacial score (nSPS) is 18.3. The van der Waals surface area contributed by atoms with Gasteiger partial charge in [0, 0.05) is 24.8 Å². The highest BCUT2D eigenvalue weighted by Crippen LogP contribution is 2.42. The van der Waals surface area contributed by atoms with Crippen LogP contribution < -0.4 is 5.32 Å². The average molecular weight is 297 g/mol. The predicted molar refractivity (Wildman–Crippen MR) is 80.3 cm³/mol. The van der Waals surface area contributed by atoms with Gasteiger partial charge in [-0.3, -0.25) is 0 Å². The molecule has 0 aliphatic heterocycles. The average Bonchev–Trinajstić information content (AvgIpc) is 2.42. The molecule has 0 radical (unpaired) electrons. The molecule has 4 heteroatoms. The number of halogens is 2. The predicted octanol–water partition coefficient (Wildman–Crippen LogP) is 4.27. The van der Waals surface area contributed by atoms with Crippen LogP contribution in [-0.2, 0) is 4.74 Å². The van der Waals surface area contributed by atoms with Gasteiger partial charge in [0.1, 0.15) is 11.6 Å². The van der Waals surface area contributed by atoms with Gasteiger partial charge >= 0.3 is 0 Å². The molecule has 2 rings (SSSR count). The summed E-state index contributed by atoms with van der Waals surface area (Å²) in [7, 11) is 1.72. The second-order valence-electron chi connectivity index (χ2n) is 6.07. The summed E-state index contributed by atoms with van der Waals surface area (Å²) in [6.07, 6.45) is 4.87. The number of benzene rings is 1. The van der Waals surface area contributed by atoms with Crippen LogP contribution in [0.5, 0.6) is 0 Å². The molecule has 0 bridgehead atoms. The third-order valence-electron chi connectivity index (χ3n) is 4.57. The van der Waals surface area contributed by atoms with Crippen LogP contribution >= 0.6 is 0 Å². The monoisotopic (exact) mass is 297 g/mol. The summed E-state index contributed by atoms with van der Waals surface area (Å²) in [5, 5.41) is 3.39. The first kappa shape index (κ1) is 16.4. The molecule has 1 unspecified atom stereocenters. The third kappa shape index (κ3) is 3.61. The Hall–Kier alpha value is -1.00. The third-order valence-corrected chi connectivity index (χ3v) is 4.57. The van der Waals surface area contributed by atoms with E-state index in [-0.39, 0.29) is 11.6 Å². The number of methoxy groups -OCH3 is 1. The molecule has 21 heavy (non-hydrogen) atoms. The molecule has 1 aromatic rings. The summed E-state index contributed by atoms with van der Waals surface area (Å²) in [4.78, 5) is 0. The Morgan fingerprint density at radius 2 is 2.00 bits per heavy atom. The van der Waals surface area contributed by atoms with Gasteiger partial charge in [0.05, 0.1) is 5.60 Å². The van der Waals surface area contributed by atoms with Gasteiger partial charge in [0.15, 0.2) is 0 Å². The van der Waals surface area contributed by atoms with Crippen molar-refractivity contribution in [1.29, 1.82) is 0 Å². The Morgan fingerprint density at radius 3 is 2.52 bits per heavy atom. The molecule has 2 nitrogen and oxygen atoms in total. The maximum absolute atomic E-state index is 14.2. The van der Waals surface area contributed by atoms with Crippen molar-refractivity contribution in [3.05, 3.63) is 34.9 Å².